The lowest BCUT2D eigenvalue weighted by atomic mass is 10.2. The number of piperazine rings is 4. The smallest absolute Gasteiger partial charge is 0.270 e. The van der Waals surface area contributed by atoms with Crippen LogP contribution in [-0.4, -0.2) is 280 Å². The van der Waals surface area contributed by atoms with Crippen molar-refractivity contribution in [1.29, 1.82) is 0 Å². The van der Waals surface area contributed by atoms with Crippen LogP contribution in [0.25, 0.3) is 0 Å². The minimum atomic E-state index is -3.94. The molecule has 128 heavy (non-hydrogen) atoms. The van der Waals surface area contributed by atoms with E-state index in [9.17, 15) is 74.1 Å². The van der Waals surface area contributed by atoms with Gasteiger partial charge in [0.2, 0.25) is 40.1 Å². The van der Waals surface area contributed by atoms with E-state index < -0.39 is 59.8 Å². The van der Waals surface area contributed by atoms with Crippen LogP contribution in [0.1, 0.15) is 11.1 Å². The Labute approximate surface area is 825 Å². The molecule has 12 rings (SSSR count). The molecule has 0 saturated carbocycles. The number of benzene rings is 8. The summed E-state index contributed by atoms with van der Waals surface area (Å²) in [6.45, 7) is 12.9. The van der Waals surface area contributed by atoms with E-state index in [4.69, 9.17) is 23.2 Å². The number of para-hydroxylation sites is 1. The van der Waals surface area contributed by atoms with Crippen LogP contribution in [0, 0.1) is 40.5 Å². The Morgan fingerprint density at radius 3 is 0.797 bits per heavy atom. The first kappa shape index (κ1) is 106. The Bertz CT molecular complexity index is 5480. The highest BCUT2D eigenvalue weighted by Gasteiger charge is 2.39. The molecule has 0 aliphatic carbocycles. The third kappa shape index (κ3) is 29.1. The Morgan fingerprint density at radius 1 is 0.281 bits per heavy atom. The molecule has 4 aliphatic rings. The van der Waals surface area contributed by atoms with E-state index in [1.54, 1.807) is 12.1 Å². The summed E-state index contributed by atoms with van der Waals surface area (Å²) in [7, 11) is -15.7. The van der Waals surface area contributed by atoms with Crippen molar-refractivity contribution in [1.82, 2.24) is 27.0 Å². The number of anilines is 6. The summed E-state index contributed by atoms with van der Waals surface area (Å²) in [6.07, 6.45) is 0. The molecule has 32 nitrogen and oxygen atoms in total. The van der Waals surface area contributed by atoms with Gasteiger partial charge < -0.3 is 29.4 Å². The summed E-state index contributed by atoms with van der Waals surface area (Å²) in [5.41, 5.74) is 5.20. The first-order valence-corrected chi connectivity index (χ1v) is 55.9. The number of non-ortho nitro benzene ring substituents is 4. The van der Waals surface area contributed by atoms with Crippen LogP contribution >= 0.6 is 151 Å². The molecule has 46 heteroatoms. The highest BCUT2D eigenvalue weighted by atomic mass is 79.9. The SMILES string of the molecule is O=[N+]([O-])c1ccc(N(CCBr)CCBr)c(S(=O)(=O)N2CCN(Cc3cccc(Cl)c3)CC2)c1.O=[N+]([O-])c1ccc(N(CCBr)CCBr)c(S(=O)(=O)N2CCN(Cc3ccccc3)CC2)c1.O=[N+]([O-])c1ccc(N(CCBr)CCBr)c(S(=O)(=O)N2CCN(c3cccc(Cl)c3)CC2)c1.O=[N+]([O-])c1ccc(N(CCBr)CCBr)c(S(=O)(=O)N2CCN(c3ccccc3)CC2)c1. The van der Waals surface area contributed by atoms with Crippen LogP contribution in [0.3, 0.4) is 0 Å². The standard InChI is InChI=1S/C21H25Br2ClN4O4S.C21H26Br2N4O4S.C20H23Br2ClN4O4S.C20H24Br2N4O4S/c22-6-8-26(9-7-23)20-5-4-19(28(29)30)15-21(20)33(31,32)27-12-10-25(11-13-27)16-17-2-1-3-18(24)14-17;22-8-10-25(11-9-23)20-7-6-19(27(28)29)16-21(20)32(30,31)26-14-12-24(13-15-26)17-18-4-2-1-3-5-18;21-6-8-25(9-7-22)19-5-4-18(27(28)29)15-20(19)32(30,31)26-12-10-24(11-13-26)17-3-1-2-16(23)14-17;21-8-10-24(11-9-22)19-7-6-18(26(27)28)16-20(19)31(29,30)25-14-12-23(13-15-25)17-4-2-1-3-5-17/h1-5,14-15H,6-13,16H2;1-7,16H,8-15,17H2;1-5,14-15H,6-13H2;1-7,16H,8-15H2. The summed E-state index contributed by atoms with van der Waals surface area (Å²) in [4.78, 5) is 59.4. The minimum absolute atomic E-state index is 0.00916. The Kier molecular flexibility index (Phi) is 42.6. The molecule has 4 fully saturated rings. The summed E-state index contributed by atoms with van der Waals surface area (Å²) < 4.78 is 114. The predicted octanol–water partition coefficient (Wildman–Crippen LogP) is 16.1. The number of hydrogen-bond donors (Lipinski definition) is 0. The second-order valence-electron chi connectivity index (χ2n) is 29.2. The third-order valence-corrected chi connectivity index (χ3v) is 32.3. The molecule has 0 N–H and O–H groups in total. The van der Waals surface area contributed by atoms with Crippen LogP contribution in [-0.2, 0) is 53.2 Å². The summed E-state index contributed by atoms with van der Waals surface area (Å²) in [5.74, 6) is 0. The monoisotopic (exact) mass is 2390 g/mol. The van der Waals surface area contributed by atoms with Gasteiger partial charge in [0.1, 0.15) is 19.6 Å². The highest BCUT2D eigenvalue weighted by Crippen LogP contribution is 2.39. The fraction of sp³-hybridized carbons (Fsp3) is 0.415. The lowest BCUT2D eigenvalue weighted by Gasteiger charge is -2.36. The normalized spacial score (nSPS) is 15.3. The van der Waals surface area contributed by atoms with Gasteiger partial charge in [-0.15, -0.1) is 0 Å². The van der Waals surface area contributed by atoms with Crippen molar-refractivity contribution < 1.29 is 53.4 Å². The largest absolute Gasteiger partial charge is 0.369 e. The number of alkyl halides is 8. The van der Waals surface area contributed by atoms with E-state index >= 15 is 0 Å². The van der Waals surface area contributed by atoms with E-state index in [0.717, 1.165) is 23.5 Å². The van der Waals surface area contributed by atoms with Crippen molar-refractivity contribution in [2.75, 3.05) is 229 Å². The van der Waals surface area contributed by atoms with Crippen LogP contribution in [0.4, 0.5) is 56.9 Å². The summed E-state index contributed by atoms with van der Waals surface area (Å²) in [5, 5.41) is 51.9. The maximum absolute atomic E-state index is 13.6. The lowest BCUT2D eigenvalue weighted by molar-refractivity contribution is -0.385. The number of rotatable bonds is 38. The zero-order valence-corrected chi connectivity index (χ0v) is 86.9. The number of hydrogen-bond acceptors (Lipinski definition) is 24. The Morgan fingerprint density at radius 2 is 0.523 bits per heavy atom. The molecule has 0 radical (unpaired) electrons. The van der Waals surface area contributed by atoms with Crippen molar-refractivity contribution >= 4 is 248 Å². The molecule has 4 heterocycles. The molecule has 0 aromatic heterocycles. The van der Waals surface area contributed by atoms with E-state index in [2.05, 4.69) is 159 Å². The van der Waals surface area contributed by atoms with Gasteiger partial charge in [0.05, 0.1) is 42.4 Å². The topological polar surface area (TPSA) is 348 Å². The maximum Gasteiger partial charge on any atom is 0.270 e. The molecule has 0 bridgehead atoms. The lowest BCUT2D eigenvalue weighted by Crippen LogP contribution is -2.49. The van der Waals surface area contributed by atoms with Gasteiger partial charge in [-0.3, -0.25) is 50.3 Å². The molecule has 4 aliphatic heterocycles. The second kappa shape index (κ2) is 51.6. The third-order valence-electron chi connectivity index (χ3n) is 21.3. The molecule has 696 valence electrons. The molecule has 0 amide bonds. The van der Waals surface area contributed by atoms with Gasteiger partial charge in [0, 0.05) is 283 Å². The average Bonchev–Trinajstić information content (AvgIpc) is 0.785. The quantitative estimate of drug-likeness (QED) is 0.0197. The van der Waals surface area contributed by atoms with E-state index in [-0.39, 0.29) is 55.4 Å². The van der Waals surface area contributed by atoms with Crippen molar-refractivity contribution in [2.24, 2.45) is 0 Å². The van der Waals surface area contributed by atoms with E-state index in [1.807, 2.05) is 111 Å². The van der Waals surface area contributed by atoms with Crippen molar-refractivity contribution in [3.8, 4) is 0 Å². The number of sulfonamides is 4. The predicted molar refractivity (Wildman–Crippen MR) is 537 cm³/mol. The molecule has 0 atom stereocenters. The fourth-order valence-electron chi connectivity index (χ4n) is 14.8. The van der Waals surface area contributed by atoms with Gasteiger partial charge in [-0.25, -0.2) is 33.7 Å². The summed E-state index contributed by atoms with van der Waals surface area (Å²) in [6, 6.07) is 51.3. The van der Waals surface area contributed by atoms with Crippen molar-refractivity contribution in [3.63, 3.8) is 0 Å². The molecular weight excluding hydrogens is 2300 g/mol. The highest BCUT2D eigenvalue weighted by molar-refractivity contribution is 9.10. The fourth-order valence-corrected chi connectivity index (χ4v) is 25.2. The van der Waals surface area contributed by atoms with E-state index in [0.29, 0.717) is 226 Å². The first-order valence-electron chi connectivity index (χ1n) is 40.4. The van der Waals surface area contributed by atoms with Gasteiger partial charge in [-0.2, -0.15) is 17.2 Å². The summed E-state index contributed by atoms with van der Waals surface area (Å²) >= 11 is 39.4. The maximum atomic E-state index is 13.6. The molecular formula is C82H98Br8Cl2N16O16S4. The van der Waals surface area contributed by atoms with Gasteiger partial charge in [0.25, 0.3) is 22.7 Å². The zero-order chi connectivity index (χ0) is 92.9. The zero-order valence-electron chi connectivity index (χ0n) is 69.5. The molecule has 8 aromatic carbocycles. The van der Waals surface area contributed by atoms with Gasteiger partial charge in [-0.1, -0.05) is 217 Å². The first-order chi connectivity index (χ1) is 61.3. The van der Waals surface area contributed by atoms with Crippen LogP contribution < -0.4 is 29.4 Å². The minimum Gasteiger partial charge on any atom is -0.369 e. The number of halogens is 10. The van der Waals surface area contributed by atoms with Crippen molar-refractivity contribution in [3.05, 3.63) is 244 Å². The Balaban J connectivity index is 0.000000193. The van der Waals surface area contributed by atoms with Gasteiger partial charge in [-0.05, 0) is 77.9 Å². The molecule has 8 aromatic rings. The van der Waals surface area contributed by atoms with E-state index in [1.165, 1.54) is 89.5 Å². The van der Waals surface area contributed by atoms with Gasteiger partial charge in [0.15, 0.2) is 0 Å². The number of nitro benzene ring substituents is 4. The molecule has 0 spiro atoms. The molecule has 0 unspecified atom stereocenters. The van der Waals surface area contributed by atoms with Crippen LogP contribution in [0.15, 0.2) is 202 Å². The van der Waals surface area contributed by atoms with Crippen LogP contribution in [0.5, 0.6) is 0 Å². The second-order valence-corrected chi connectivity index (χ2v) is 44.0. The van der Waals surface area contributed by atoms with Gasteiger partial charge >= 0.3 is 0 Å². The molecule has 4 saturated heterocycles. The van der Waals surface area contributed by atoms with Crippen molar-refractivity contribution in [2.45, 2.75) is 32.7 Å². The number of nitro groups is 4. The van der Waals surface area contributed by atoms with Crippen LogP contribution in [0.2, 0.25) is 10.0 Å². The Hall–Kier alpha value is -5.86. The number of nitrogens with zero attached hydrogens (tertiary/aromatic N) is 16. The average molecular weight is 2400 g/mol.